The van der Waals surface area contributed by atoms with Crippen LogP contribution in [0.4, 0.5) is 28.4 Å². The normalized spacial score (nSPS) is 14.8. The van der Waals surface area contributed by atoms with Crippen LogP contribution in [0.1, 0.15) is 69.4 Å². The number of aliphatic carboxylic acids is 1. The first-order chi connectivity index (χ1) is 23.7. The molecular weight excluding hydrogens is 693 g/mol. The summed E-state index contributed by atoms with van der Waals surface area (Å²) in [5.74, 6) is -4.07. The Morgan fingerprint density at radius 3 is 1.87 bits per heavy atom. The lowest BCUT2D eigenvalue weighted by molar-refractivity contribution is -0.405. The number of carbonyl (C=O) groups is 5. The van der Waals surface area contributed by atoms with Crippen LogP contribution in [-0.2, 0) is 43.2 Å². The summed E-state index contributed by atoms with van der Waals surface area (Å²) in [5.41, 5.74) is 12.7. The molecule has 1 heterocycles. The Bertz CT molecular complexity index is 1660. The van der Waals surface area contributed by atoms with Gasteiger partial charge in [0, 0.05) is 19.4 Å². The minimum atomic E-state index is -5.19. The average Bonchev–Trinajstić information content (AvgIpc) is 2.95. The van der Waals surface area contributed by atoms with Crippen molar-refractivity contribution in [3.05, 3.63) is 58.1 Å². The standard InChI is InChI=1S/C32H44N6O7.C2HF3O2/c1-17-11-22(39)12-18(2)23(17)15-24(33)27(41)38-16-20-13-21(10-9-19(20)14-25(38)26(34)40)35-28(36-29(42)44-31(3,4)5)37-30(43)45-32(6,7)8;3-2(4,5)1(6)7/h9-13,24-25,39H,14-16,33H2,1-8H3,(H2,34,40)(H2,35,36,37,42,43);(H,6,7)/t24-,25-;/m0./s1. The van der Waals surface area contributed by atoms with E-state index in [0.717, 1.165) is 22.3 Å². The number of fused-ring (bicyclic) bond motifs is 1. The number of aryl methyl sites for hydroxylation is 2. The fourth-order valence-corrected chi connectivity index (χ4v) is 5.00. The van der Waals surface area contributed by atoms with E-state index in [-0.39, 0.29) is 30.6 Å². The van der Waals surface area contributed by atoms with Crippen molar-refractivity contribution < 1.29 is 62.6 Å². The maximum absolute atomic E-state index is 13.7. The number of halogens is 3. The lowest BCUT2D eigenvalue weighted by Crippen LogP contribution is -2.70. The number of hydrogen-bond donors (Lipinski definition) is 5. The Morgan fingerprint density at radius 2 is 1.44 bits per heavy atom. The monoisotopic (exact) mass is 738 g/mol. The number of benzene rings is 2. The third-order valence-corrected chi connectivity index (χ3v) is 7.12. The number of amides is 4. The molecule has 15 nitrogen and oxygen atoms in total. The molecule has 2 aromatic rings. The number of ether oxygens (including phenoxy) is 2. The first kappa shape index (κ1) is 42.8. The number of nitrogens with zero attached hydrogens (tertiary/aromatic N) is 2. The van der Waals surface area contributed by atoms with Gasteiger partial charge in [-0.25, -0.2) is 14.6 Å². The van der Waals surface area contributed by atoms with Crippen LogP contribution in [0.15, 0.2) is 35.3 Å². The molecule has 0 aromatic heterocycles. The number of phenols is 1. The highest BCUT2D eigenvalue weighted by Gasteiger charge is 2.37. The first-order valence-corrected chi connectivity index (χ1v) is 15.9. The quantitative estimate of drug-likeness (QED) is 0.222. The molecule has 3 rings (SSSR count). The smallest absolute Gasteiger partial charge is 0.430 e. The van der Waals surface area contributed by atoms with Crippen LogP contribution in [0.2, 0.25) is 0 Å². The van der Waals surface area contributed by atoms with Gasteiger partial charge >= 0.3 is 18.4 Å². The zero-order chi connectivity index (χ0) is 39.9. The highest BCUT2D eigenvalue weighted by molar-refractivity contribution is 6.02. The first-order valence-electron chi connectivity index (χ1n) is 15.9. The van der Waals surface area contributed by atoms with Crippen molar-refractivity contribution in [2.75, 3.05) is 0 Å². The van der Waals surface area contributed by atoms with Crippen molar-refractivity contribution in [1.82, 2.24) is 15.5 Å². The molecule has 0 aliphatic carbocycles. The predicted molar refractivity (Wildman–Crippen MR) is 179 cm³/mol. The Morgan fingerprint density at radius 1 is 0.962 bits per heavy atom. The molecule has 0 unspecified atom stereocenters. The number of aromatic hydroxyl groups is 1. The molecule has 2 atom stereocenters. The second-order valence-corrected chi connectivity index (χ2v) is 14.0. The van der Waals surface area contributed by atoms with E-state index < -0.39 is 53.5 Å². The number of hydrogen-bond acceptors (Lipinski definition) is 10. The lowest BCUT2D eigenvalue weighted by atomic mass is 9.91. The lowest BCUT2D eigenvalue weighted by Gasteiger charge is -2.36. The van der Waals surface area contributed by atoms with Crippen molar-refractivity contribution in [3.63, 3.8) is 0 Å². The summed E-state index contributed by atoms with van der Waals surface area (Å²) < 4.78 is 42.2. The molecule has 0 bridgehead atoms. The van der Waals surface area contributed by atoms with Gasteiger partial charge < -0.3 is 40.8 Å². The van der Waals surface area contributed by atoms with E-state index in [4.69, 9.17) is 25.1 Å². The number of alkyl halides is 3. The Kier molecular flexibility index (Phi) is 13.8. The van der Waals surface area contributed by atoms with E-state index in [1.54, 1.807) is 71.9 Å². The maximum atomic E-state index is 13.7. The molecule has 8 N–H and O–H groups in total. The predicted octanol–water partition coefficient (Wildman–Crippen LogP) is 1.94. The summed E-state index contributed by atoms with van der Waals surface area (Å²) in [4.78, 5) is 65.8. The minimum absolute atomic E-state index is 0.0685. The Labute approximate surface area is 298 Å². The molecule has 1 aliphatic rings. The third kappa shape index (κ3) is 13.4. The zero-order valence-electron chi connectivity index (χ0n) is 30.2. The van der Waals surface area contributed by atoms with Crippen molar-refractivity contribution in [1.29, 1.82) is 0 Å². The van der Waals surface area contributed by atoms with Gasteiger partial charge in [-0.1, -0.05) is 6.07 Å². The Hall–Kier alpha value is -5.39. The molecule has 18 heteroatoms. The summed E-state index contributed by atoms with van der Waals surface area (Å²) in [5, 5.41) is 23.6. The number of carboxylic acids is 1. The molecule has 0 fully saturated rings. The zero-order valence-corrected chi connectivity index (χ0v) is 30.2. The number of nitrogens with two attached hydrogens (primary N) is 1. The largest absolute Gasteiger partial charge is 0.542 e. The van der Waals surface area contributed by atoms with Gasteiger partial charge in [-0.2, -0.15) is 13.2 Å². The van der Waals surface area contributed by atoms with Crippen LogP contribution in [-0.4, -0.2) is 75.4 Å². The van der Waals surface area contributed by atoms with Gasteiger partial charge in [0.15, 0.2) is 6.04 Å². The van der Waals surface area contributed by atoms with Gasteiger partial charge in [-0.3, -0.25) is 20.2 Å². The van der Waals surface area contributed by atoms with Crippen LogP contribution in [0.3, 0.4) is 0 Å². The second kappa shape index (κ2) is 16.8. The van der Waals surface area contributed by atoms with Crippen LogP contribution in [0.25, 0.3) is 0 Å². The number of carboxylic acid groups (broad SMARTS) is 1. The number of alkyl carbamates (subject to hydrolysis) is 2. The van der Waals surface area contributed by atoms with Crippen molar-refractivity contribution in [2.45, 2.75) is 104 Å². The van der Waals surface area contributed by atoms with E-state index in [0.29, 0.717) is 17.7 Å². The molecule has 0 spiro atoms. The summed E-state index contributed by atoms with van der Waals surface area (Å²) >= 11 is 0. The van der Waals surface area contributed by atoms with Gasteiger partial charge in [-0.05, 0) is 107 Å². The molecule has 4 amide bonds. The number of phenolic OH excluding ortho intramolecular Hbond substituents is 1. The van der Waals surface area contributed by atoms with Crippen LogP contribution in [0.5, 0.6) is 5.75 Å². The molecular formula is C34H45F3N6O9. The van der Waals surface area contributed by atoms with Crippen LogP contribution >= 0.6 is 0 Å². The number of carbonyl (C=O) groups excluding carboxylic acids is 5. The van der Waals surface area contributed by atoms with Crippen molar-refractivity contribution in [3.8, 4) is 5.75 Å². The third-order valence-electron chi connectivity index (χ3n) is 7.12. The SMILES string of the molecule is Cc1cc(O)cc(C)c1C[C@H]([NH3+])C(=O)N1Cc2cc(N=C(NC(=O)OC(C)(C)C)NC(=O)OC(C)(C)C)ccc2C[C@H]1C(N)=O.O=C([O-])C(F)(F)F. The molecule has 1 aliphatic heterocycles. The second-order valence-electron chi connectivity index (χ2n) is 14.0. The van der Waals surface area contributed by atoms with Crippen molar-refractivity contribution >= 4 is 41.6 Å². The summed E-state index contributed by atoms with van der Waals surface area (Å²) in [6, 6.07) is 6.79. The highest BCUT2D eigenvalue weighted by atomic mass is 19.4. The number of guanidine groups is 1. The van der Waals surface area contributed by atoms with Gasteiger partial charge in [-0.15, -0.1) is 0 Å². The number of primary amides is 1. The van der Waals surface area contributed by atoms with Gasteiger partial charge in [0.25, 0.3) is 5.91 Å². The number of rotatable bonds is 5. The number of aliphatic imine (C=N–C) groups is 1. The molecule has 2 aromatic carbocycles. The van der Waals surface area contributed by atoms with E-state index in [1.165, 1.54) is 4.90 Å². The average molecular weight is 739 g/mol. The highest BCUT2D eigenvalue weighted by Crippen LogP contribution is 2.29. The summed E-state index contributed by atoms with van der Waals surface area (Å²) in [6.07, 6.45) is -6.36. The summed E-state index contributed by atoms with van der Waals surface area (Å²) in [7, 11) is 0. The van der Waals surface area contributed by atoms with E-state index in [9.17, 15) is 37.5 Å². The summed E-state index contributed by atoms with van der Waals surface area (Å²) in [6.45, 7) is 14.0. The van der Waals surface area contributed by atoms with Crippen molar-refractivity contribution in [2.24, 2.45) is 10.7 Å². The molecule has 286 valence electrons. The molecule has 52 heavy (non-hydrogen) atoms. The Balaban J connectivity index is 0.00000121. The van der Waals surface area contributed by atoms with Gasteiger partial charge in [0.2, 0.25) is 11.9 Å². The fraction of sp³-hybridized carbons (Fsp3) is 0.471. The number of quaternary nitrogens is 1. The van der Waals surface area contributed by atoms with Gasteiger partial charge in [0.1, 0.15) is 29.0 Å². The molecule has 0 saturated heterocycles. The molecule has 0 radical (unpaired) electrons. The van der Waals surface area contributed by atoms with E-state index in [1.807, 2.05) is 13.8 Å². The molecule has 0 saturated carbocycles. The topological polar surface area (TPSA) is 240 Å². The van der Waals surface area contributed by atoms with Crippen LogP contribution < -0.4 is 27.2 Å². The number of nitrogens with one attached hydrogen (secondary N) is 2. The van der Waals surface area contributed by atoms with E-state index in [2.05, 4.69) is 21.4 Å². The minimum Gasteiger partial charge on any atom is -0.542 e. The fourth-order valence-electron chi connectivity index (χ4n) is 5.00. The van der Waals surface area contributed by atoms with E-state index >= 15 is 0 Å². The maximum Gasteiger partial charge on any atom is 0.430 e. The van der Waals surface area contributed by atoms with Gasteiger partial charge in [0.05, 0.1) is 5.69 Å². The van der Waals surface area contributed by atoms with Crippen LogP contribution in [0, 0.1) is 13.8 Å².